The van der Waals surface area contributed by atoms with Gasteiger partial charge < -0.3 is 14.6 Å². The number of carbonyl (C=O) groups excluding carboxylic acids is 1. The van der Waals surface area contributed by atoms with Crippen molar-refractivity contribution in [3.8, 4) is 0 Å². The molecule has 84 valence electrons. The van der Waals surface area contributed by atoms with Crippen molar-refractivity contribution in [2.24, 2.45) is 5.92 Å². The molecule has 1 N–H and O–H groups in total. The Labute approximate surface area is 85.2 Å². The summed E-state index contributed by atoms with van der Waals surface area (Å²) in [5.74, 6) is -0.319. The minimum atomic E-state index is -0.469. The van der Waals surface area contributed by atoms with Gasteiger partial charge in [-0.3, -0.25) is 0 Å². The van der Waals surface area contributed by atoms with Gasteiger partial charge in [0.2, 0.25) is 0 Å². The van der Waals surface area contributed by atoms with Crippen molar-refractivity contribution >= 4 is 5.97 Å². The van der Waals surface area contributed by atoms with Gasteiger partial charge in [-0.05, 0) is 20.8 Å². The van der Waals surface area contributed by atoms with E-state index in [2.05, 4.69) is 0 Å². The molecule has 0 bridgehead atoms. The molecule has 0 unspecified atom stereocenters. The lowest BCUT2D eigenvalue weighted by atomic mass is 10.2. The molecule has 0 aromatic rings. The third kappa shape index (κ3) is 8.01. The monoisotopic (exact) mass is 204 g/mol. The molecule has 0 fully saturated rings. The van der Waals surface area contributed by atoms with E-state index < -0.39 is 5.60 Å². The van der Waals surface area contributed by atoms with Crippen LogP contribution >= 0.6 is 0 Å². The summed E-state index contributed by atoms with van der Waals surface area (Å²) in [6.07, 6.45) is 0. The number of hydrogen-bond acceptors (Lipinski definition) is 4. The normalized spacial score (nSPS) is 13.8. The molecule has 0 spiro atoms. The number of rotatable bonds is 5. The summed E-state index contributed by atoms with van der Waals surface area (Å²) in [6, 6.07) is 0. The molecule has 0 aromatic carbocycles. The SMILES string of the molecule is C[C@H](CO)COCC(=O)OC(C)(C)C. The van der Waals surface area contributed by atoms with Crippen molar-refractivity contribution in [1.29, 1.82) is 0 Å². The number of aliphatic hydroxyl groups is 1. The third-order valence-electron chi connectivity index (χ3n) is 1.35. The van der Waals surface area contributed by atoms with E-state index >= 15 is 0 Å². The molecule has 0 radical (unpaired) electrons. The standard InChI is InChI=1S/C10H20O4/c1-8(5-11)6-13-7-9(12)14-10(2,3)4/h8,11H,5-7H2,1-4H3/t8-/m1/s1. The third-order valence-corrected chi connectivity index (χ3v) is 1.35. The summed E-state index contributed by atoms with van der Waals surface area (Å²) in [4.78, 5) is 11.1. The van der Waals surface area contributed by atoms with Crippen molar-refractivity contribution < 1.29 is 19.4 Å². The molecule has 14 heavy (non-hydrogen) atoms. The zero-order valence-corrected chi connectivity index (χ0v) is 9.37. The highest BCUT2D eigenvalue weighted by molar-refractivity contribution is 5.71. The maximum atomic E-state index is 11.1. The number of aliphatic hydroxyl groups excluding tert-OH is 1. The van der Waals surface area contributed by atoms with Crippen molar-refractivity contribution in [2.75, 3.05) is 19.8 Å². The van der Waals surface area contributed by atoms with Crippen LogP contribution in [0.3, 0.4) is 0 Å². The van der Waals surface area contributed by atoms with Crippen LogP contribution in [0.25, 0.3) is 0 Å². The highest BCUT2D eigenvalue weighted by Gasteiger charge is 2.16. The summed E-state index contributed by atoms with van der Waals surface area (Å²) in [5, 5.41) is 8.69. The zero-order valence-electron chi connectivity index (χ0n) is 9.37. The first kappa shape index (κ1) is 13.4. The fraction of sp³-hybridized carbons (Fsp3) is 0.900. The van der Waals surface area contributed by atoms with E-state index in [4.69, 9.17) is 14.6 Å². The molecule has 0 aliphatic rings. The quantitative estimate of drug-likeness (QED) is 0.678. The molecule has 0 aliphatic carbocycles. The van der Waals surface area contributed by atoms with Gasteiger partial charge in [-0.2, -0.15) is 0 Å². The molecule has 0 amide bonds. The van der Waals surface area contributed by atoms with Crippen LogP contribution in [0.5, 0.6) is 0 Å². The van der Waals surface area contributed by atoms with Gasteiger partial charge in [-0.25, -0.2) is 4.79 Å². The first-order chi connectivity index (χ1) is 6.35. The Hall–Kier alpha value is -0.610. The van der Waals surface area contributed by atoms with E-state index in [0.717, 1.165) is 0 Å². The van der Waals surface area contributed by atoms with Gasteiger partial charge in [0.25, 0.3) is 0 Å². The van der Waals surface area contributed by atoms with Crippen LogP contribution in [0.2, 0.25) is 0 Å². The minimum Gasteiger partial charge on any atom is -0.458 e. The van der Waals surface area contributed by atoms with E-state index in [0.29, 0.717) is 6.61 Å². The van der Waals surface area contributed by atoms with Gasteiger partial charge in [-0.15, -0.1) is 0 Å². The molecule has 4 heteroatoms. The van der Waals surface area contributed by atoms with Crippen LogP contribution in [0.1, 0.15) is 27.7 Å². The molecule has 0 aliphatic heterocycles. The summed E-state index contributed by atoms with van der Waals surface area (Å²) in [6.45, 7) is 7.64. The molecule has 0 saturated carbocycles. The lowest BCUT2D eigenvalue weighted by Crippen LogP contribution is -2.27. The smallest absolute Gasteiger partial charge is 0.332 e. The molecule has 0 aromatic heterocycles. The Kier molecular flexibility index (Phi) is 5.72. The number of esters is 1. The second-order valence-corrected chi connectivity index (χ2v) is 4.39. The largest absolute Gasteiger partial charge is 0.458 e. The molecular formula is C10H20O4. The Bertz CT molecular complexity index is 171. The average molecular weight is 204 g/mol. The van der Waals surface area contributed by atoms with E-state index in [9.17, 15) is 4.79 Å². The maximum absolute atomic E-state index is 11.1. The van der Waals surface area contributed by atoms with Crippen molar-refractivity contribution in [3.05, 3.63) is 0 Å². The lowest BCUT2D eigenvalue weighted by Gasteiger charge is -2.19. The Morgan fingerprint density at radius 2 is 2.00 bits per heavy atom. The van der Waals surface area contributed by atoms with Gasteiger partial charge in [0.1, 0.15) is 12.2 Å². The number of hydrogen-bond donors (Lipinski definition) is 1. The first-order valence-electron chi connectivity index (χ1n) is 4.75. The fourth-order valence-corrected chi connectivity index (χ4v) is 0.767. The first-order valence-corrected chi connectivity index (χ1v) is 4.75. The van der Waals surface area contributed by atoms with Gasteiger partial charge >= 0.3 is 5.97 Å². The lowest BCUT2D eigenvalue weighted by molar-refractivity contribution is -0.160. The molecular weight excluding hydrogens is 184 g/mol. The summed E-state index contributed by atoms with van der Waals surface area (Å²) in [5.41, 5.74) is -0.469. The van der Waals surface area contributed by atoms with Crippen LogP contribution in [0, 0.1) is 5.92 Å². The van der Waals surface area contributed by atoms with Crippen LogP contribution in [-0.4, -0.2) is 36.5 Å². The number of ether oxygens (including phenoxy) is 2. The van der Waals surface area contributed by atoms with E-state index in [1.54, 1.807) is 20.8 Å². The van der Waals surface area contributed by atoms with Crippen LogP contribution in [-0.2, 0) is 14.3 Å². The van der Waals surface area contributed by atoms with Gasteiger partial charge in [0.05, 0.1) is 6.61 Å². The highest BCUT2D eigenvalue weighted by Crippen LogP contribution is 2.06. The van der Waals surface area contributed by atoms with Crippen LogP contribution in [0.4, 0.5) is 0 Å². The van der Waals surface area contributed by atoms with Gasteiger partial charge in [-0.1, -0.05) is 6.92 Å². The molecule has 0 saturated heterocycles. The zero-order chi connectivity index (χ0) is 11.2. The van der Waals surface area contributed by atoms with Crippen molar-refractivity contribution in [1.82, 2.24) is 0 Å². The Morgan fingerprint density at radius 3 is 2.43 bits per heavy atom. The summed E-state index contributed by atoms with van der Waals surface area (Å²) >= 11 is 0. The van der Waals surface area contributed by atoms with Gasteiger partial charge in [0.15, 0.2) is 0 Å². The Balaban J connectivity index is 3.55. The second kappa shape index (κ2) is 5.98. The summed E-state index contributed by atoms with van der Waals surface area (Å²) in [7, 11) is 0. The fourth-order valence-electron chi connectivity index (χ4n) is 0.767. The molecule has 0 rings (SSSR count). The van der Waals surface area contributed by atoms with Crippen LogP contribution in [0.15, 0.2) is 0 Å². The average Bonchev–Trinajstić information content (AvgIpc) is 2.00. The predicted molar refractivity (Wildman–Crippen MR) is 52.9 cm³/mol. The van der Waals surface area contributed by atoms with Crippen LogP contribution < -0.4 is 0 Å². The minimum absolute atomic E-state index is 0.0532. The van der Waals surface area contributed by atoms with E-state index in [-0.39, 0.29) is 25.1 Å². The van der Waals surface area contributed by atoms with Crippen molar-refractivity contribution in [2.45, 2.75) is 33.3 Å². The molecule has 0 heterocycles. The predicted octanol–water partition coefficient (Wildman–Crippen LogP) is 0.973. The van der Waals surface area contributed by atoms with E-state index in [1.807, 2.05) is 6.92 Å². The summed E-state index contributed by atoms with van der Waals surface area (Å²) < 4.78 is 10.1. The topological polar surface area (TPSA) is 55.8 Å². The van der Waals surface area contributed by atoms with E-state index in [1.165, 1.54) is 0 Å². The van der Waals surface area contributed by atoms with Crippen molar-refractivity contribution in [3.63, 3.8) is 0 Å². The number of carbonyl (C=O) groups is 1. The molecule has 4 nitrogen and oxygen atoms in total. The van der Waals surface area contributed by atoms with Gasteiger partial charge in [0, 0.05) is 12.5 Å². The highest BCUT2D eigenvalue weighted by atomic mass is 16.6. The second-order valence-electron chi connectivity index (χ2n) is 4.39. The molecule has 1 atom stereocenters. The Morgan fingerprint density at radius 1 is 1.43 bits per heavy atom. The maximum Gasteiger partial charge on any atom is 0.332 e.